The van der Waals surface area contributed by atoms with E-state index in [2.05, 4.69) is 5.32 Å². The minimum absolute atomic E-state index is 0.0417. The minimum Gasteiger partial charge on any atom is -0.321 e. The average Bonchev–Trinajstić information content (AvgIpc) is 3.10. The fourth-order valence-electron chi connectivity index (χ4n) is 2.18. The number of hydrogen-bond donors (Lipinski definition) is 1. The zero-order chi connectivity index (χ0) is 18.9. The first-order chi connectivity index (χ1) is 12.3. The van der Waals surface area contributed by atoms with E-state index in [1.165, 1.54) is 42.5 Å². The highest BCUT2D eigenvalue weighted by molar-refractivity contribution is 7.93. The van der Waals surface area contributed by atoms with Crippen LogP contribution in [0.4, 0.5) is 10.1 Å². The molecule has 1 aromatic heterocycles. The fraction of sp³-hybridized carbons (Fsp3) is 0.0556. The molecule has 0 atom stereocenters. The first-order valence-corrected chi connectivity index (χ1v) is 10.1. The molecule has 0 saturated carbocycles. The molecule has 134 valence electrons. The van der Waals surface area contributed by atoms with Gasteiger partial charge in [0.05, 0.1) is 9.77 Å². The van der Waals surface area contributed by atoms with Gasteiger partial charge in [-0.25, -0.2) is 12.8 Å². The maximum absolute atomic E-state index is 13.6. The standard InChI is InChI=1S/C18H13ClFNO3S2/c1-11-2-5-13(10-15(11)20)21-18(22)16-8-9-17(25-16)26(23,24)14-6-3-12(19)4-7-14/h2-10H,1H3,(H,21,22). The molecule has 0 unspecified atom stereocenters. The maximum atomic E-state index is 13.6. The van der Waals surface area contributed by atoms with Crippen LogP contribution in [0, 0.1) is 12.7 Å². The summed E-state index contributed by atoms with van der Waals surface area (Å²) in [5.74, 6) is -0.934. The summed E-state index contributed by atoms with van der Waals surface area (Å²) in [5.41, 5.74) is 0.768. The van der Waals surface area contributed by atoms with E-state index in [4.69, 9.17) is 11.6 Å². The number of carbonyl (C=O) groups is 1. The third kappa shape index (κ3) is 3.80. The Morgan fingerprint density at radius 3 is 2.42 bits per heavy atom. The van der Waals surface area contributed by atoms with Gasteiger partial charge in [0.1, 0.15) is 10.0 Å². The molecular formula is C18H13ClFNO3S2. The van der Waals surface area contributed by atoms with Gasteiger partial charge in [-0.1, -0.05) is 17.7 Å². The molecule has 2 aromatic carbocycles. The molecule has 0 fully saturated rings. The van der Waals surface area contributed by atoms with Gasteiger partial charge in [-0.15, -0.1) is 11.3 Å². The van der Waals surface area contributed by atoms with E-state index >= 15 is 0 Å². The number of nitrogens with one attached hydrogen (secondary N) is 1. The van der Waals surface area contributed by atoms with Crippen LogP contribution < -0.4 is 5.32 Å². The highest BCUT2D eigenvalue weighted by Gasteiger charge is 2.21. The molecule has 0 aliphatic rings. The molecule has 1 N–H and O–H groups in total. The monoisotopic (exact) mass is 409 g/mol. The van der Waals surface area contributed by atoms with Crippen molar-refractivity contribution in [3.63, 3.8) is 0 Å². The number of anilines is 1. The average molecular weight is 410 g/mol. The number of thiophene rings is 1. The minimum atomic E-state index is -3.73. The van der Waals surface area contributed by atoms with Gasteiger partial charge in [0.2, 0.25) is 9.84 Å². The highest BCUT2D eigenvalue weighted by Crippen LogP contribution is 2.29. The van der Waals surface area contributed by atoms with Crippen LogP contribution in [0.2, 0.25) is 5.02 Å². The molecule has 3 aromatic rings. The number of aryl methyl sites for hydroxylation is 1. The molecule has 0 spiro atoms. The molecule has 0 bridgehead atoms. The van der Waals surface area contributed by atoms with Crippen LogP contribution in [-0.4, -0.2) is 14.3 Å². The van der Waals surface area contributed by atoms with Gasteiger partial charge in [-0.05, 0) is 61.0 Å². The van der Waals surface area contributed by atoms with Crippen molar-refractivity contribution < 1.29 is 17.6 Å². The number of hydrogen-bond acceptors (Lipinski definition) is 4. The number of halogens is 2. The Labute approximate surface area is 159 Å². The molecule has 8 heteroatoms. The summed E-state index contributed by atoms with van der Waals surface area (Å²) in [5, 5.41) is 2.99. The lowest BCUT2D eigenvalue weighted by molar-refractivity contribution is 0.103. The Morgan fingerprint density at radius 1 is 1.08 bits per heavy atom. The van der Waals surface area contributed by atoms with Crippen molar-refractivity contribution in [2.24, 2.45) is 0 Å². The molecule has 0 radical (unpaired) electrons. The Morgan fingerprint density at radius 2 is 1.77 bits per heavy atom. The smallest absolute Gasteiger partial charge is 0.265 e. The van der Waals surface area contributed by atoms with E-state index < -0.39 is 21.6 Å². The molecule has 1 heterocycles. The van der Waals surface area contributed by atoms with E-state index in [0.717, 1.165) is 11.3 Å². The van der Waals surface area contributed by atoms with E-state index in [0.29, 0.717) is 16.3 Å². The lowest BCUT2D eigenvalue weighted by Gasteiger charge is -2.05. The third-order valence-electron chi connectivity index (χ3n) is 3.62. The van der Waals surface area contributed by atoms with E-state index in [1.54, 1.807) is 19.1 Å². The maximum Gasteiger partial charge on any atom is 0.265 e. The Bertz CT molecular complexity index is 1080. The molecule has 1 amide bonds. The second kappa shape index (κ2) is 7.19. The van der Waals surface area contributed by atoms with Crippen LogP contribution in [-0.2, 0) is 9.84 Å². The van der Waals surface area contributed by atoms with Crippen LogP contribution in [0.3, 0.4) is 0 Å². The molecule has 26 heavy (non-hydrogen) atoms. The quantitative estimate of drug-likeness (QED) is 0.664. The van der Waals surface area contributed by atoms with Crippen molar-refractivity contribution in [2.75, 3.05) is 5.32 Å². The Kier molecular flexibility index (Phi) is 5.13. The first-order valence-electron chi connectivity index (χ1n) is 7.45. The second-order valence-electron chi connectivity index (χ2n) is 5.49. The Hall–Kier alpha value is -2.22. The molecular weight excluding hydrogens is 397 g/mol. The van der Waals surface area contributed by atoms with Crippen molar-refractivity contribution >= 4 is 44.4 Å². The van der Waals surface area contributed by atoms with Gasteiger partial charge >= 0.3 is 0 Å². The van der Waals surface area contributed by atoms with Crippen LogP contribution >= 0.6 is 22.9 Å². The molecule has 3 rings (SSSR count). The van der Waals surface area contributed by atoms with E-state index in [9.17, 15) is 17.6 Å². The molecule has 0 aliphatic heterocycles. The van der Waals surface area contributed by atoms with Gasteiger partial charge in [0.15, 0.2) is 0 Å². The normalized spacial score (nSPS) is 11.3. The topological polar surface area (TPSA) is 63.2 Å². The van der Waals surface area contributed by atoms with Crippen molar-refractivity contribution in [1.29, 1.82) is 0 Å². The number of benzene rings is 2. The van der Waals surface area contributed by atoms with E-state index in [-0.39, 0.29) is 14.0 Å². The van der Waals surface area contributed by atoms with Gasteiger partial charge < -0.3 is 5.32 Å². The highest BCUT2D eigenvalue weighted by atomic mass is 35.5. The second-order valence-corrected chi connectivity index (χ2v) is 9.19. The van der Waals surface area contributed by atoms with Crippen LogP contribution in [0.5, 0.6) is 0 Å². The van der Waals surface area contributed by atoms with Crippen molar-refractivity contribution in [3.05, 3.63) is 75.9 Å². The number of rotatable bonds is 4. The van der Waals surface area contributed by atoms with Crippen LogP contribution in [0.15, 0.2) is 63.7 Å². The van der Waals surface area contributed by atoms with Crippen molar-refractivity contribution in [1.82, 2.24) is 0 Å². The van der Waals surface area contributed by atoms with Crippen molar-refractivity contribution in [3.8, 4) is 0 Å². The SMILES string of the molecule is Cc1ccc(NC(=O)c2ccc(S(=O)(=O)c3ccc(Cl)cc3)s2)cc1F. The summed E-state index contributed by atoms with van der Waals surface area (Å²) in [4.78, 5) is 12.6. The van der Waals surface area contributed by atoms with Gasteiger partial charge in [-0.3, -0.25) is 4.79 Å². The zero-order valence-corrected chi connectivity index (χ0v) is 15.9. The molecule has 0 saturated heterocycles. The summed E-state index contributed by atoms with van der Waals surface area (Å²) in [6, 6.07) is 12.9. The van der Waals surface area contributed by atoms with E-state index in [1.807, 2.05) is 0 Å². The van der Waals surface area contributed by atoms with Gasteiger partial charge in [-0.2, -0.15) is 0 Å². The summed E-state index contributed by atoms with van der Waals surface area (Å²) in [6.45, 7) is 1.62. The molecule has 0 aliphatic carbocycles. The summed E-state index contributed by atoms with van der Waals surface area (Å²) in [6.07, 6.45) is 0. The third-order valence-corrected chi connectivity index (χ3v) is 7.22. The fourth-order valence-corrected chi connectivity index (χ4v) is 4.91. The summed E-state index contributed by atoms with van der Waals surface area (Å²) in [7, 11) is -3.73. The first kappa shape index (κ1) is 18.6. The lowest BCUT2D eigenvalue weighted by atomic mass is 10.2. The number of amides is 1. The lowest BCUT2D eigenvalue weighted by Crippen LogP contribution is -2.10. The van der Waals surface area contributed by atoms with Gasteiger partial charge in [0.25, 0.3) is 5.91 Å². The summed E-state index contributed by atoms with van der Waals surface area (Å²) < 4.78 is 38.8. The zero-order valence-electron chi connectivity index (χ0n) is 13.5. The van der Waals surface area contributed by atoms with Crippen molar-refractivity contribution in [2.45, 2.75) is 16.0 Å². The molecule has 4 nitrogen and oxygen atoms in total. The Balaban J connectivity index is 1.83. The number of carbonyl (C=O) groups excluding carboxylic acids is 1. The van der Waals surface area contributed by atoms with Gasteiger partial charge in [0, 0.05) is 10.7 Å². The van der Waals surface area contributed by atoms with Crippen LogP contribution in [0.25, 0.3) is 0 Å². The van der Waals surface area contributed by atoms with Crippen LogP contribution in [0.1, 0.15) is 15.2 Å². The predicted molar refractivity (Wildman–Crippen MR) is 100 cm³/mol. The largest absolute Gasteiger partial charge is 0.321 e. The number of sulfone groups is 1. The summed E-state index contributed by atoms with van der Waals surface area (Å²) >= 11 is 6.63. The predicted octanol–water partition coefficient (Wildman–Crippen LogP) is 4.93.